The van der Waals surface area contributed by atoms with Gasteiger partial charge in [0.15, 0.2) is 0 Å². The fourth-order valence-corrected chi connectivity index (χ4v) is 11.7. The molecular weight excluding hydrogens is 540 g/mol. The average Bonchev–Trinajstić information content (AvgIpc) is 3.27. The third-order valence-corrected chi connectivity index (χ3v) is 14.2. The highest BCUT2D eigenvalue weighted by atomic mass is 28.4. The van der Waals surface area contributed by atoms with Crippen molar-refractivity contribution in [3.8, 4) is 0 Å². The Morgan fingerprint density at radius 2 is 1.60 bits per heavy atom. The lowest BCUT2D eigenvalue weighted by molar-refractivity contribution is -0.119. The van der Waals surface area contributed by atoms with Crippen molar-refractivity contribution in [2.45, 2.75) is 45.3 Å². The summed E-state index contributed by atoms with van der Waals surface area (Å²) in [6.45, 7) is 9.96. The zero-order chi connectivity index (χ0) is 29.5. The molecule has 1 aliphatic heterocycles. The standard InChI is InChI=1S/C35H40N2O4Si/c1-24(38)36-21-27-22-37(34(39)41-27)26-17-15-25(16-18-26)30-19-20-31-32(33(30)31)23-40-42(35(2,3)4,28-11-7-5-8-12-28)29-13-9-6-10-14-29/h5-19,27,31-33H,20-23H2,1-4H3,(H,36,38)/t27-,31?,32?,33?/m0/s1. The van der Waals surface area contributed by atoms with E-state index in [2.05, 4.69) is 105 Å². The number of carbonyl (C=O) groups excluding carboxylic acids is 2. The second kappa shape index (κ2) is 11.2. The Morgan fingerprint density at radius 1 is 0.976 bits per heavy atom. The lowest BCUT2D eigenvalue weighted by atomic mass is 10.0. The highest BCUT2D eigenvalue weighted by molar-refractivity contribution is 6.99. The van der Waals surface area contributed by atoms with Crippen molar-refractivity contribution in [2.75, 3.05) is 24.6 Å². The van der Waals surface area contributed by atoms with Crippen LogP contribution in [0.25, 0.3) is 5.57 Å². The van der Waals surface area contributed by atoms with Gasteiger partial charge in [-0.15, -0.1) is 0 Å². The van der Waals surface area contributed by atoms with Gasteiger partial charge in [0, 0.05) is 19.2 Å². The Labute approximate surface area is 249 Å². The van der Waals surface area contributed by atoms with Crippen LogP contribution in [0.4, 0.5) is 10.5 Å². The summed E-state index contributed by atoms with van der Waals surface area (Å²) >= 11 is 0. The Morgan fingerprint density at radius 3 is 2.17 bits per heavy atom. The molecule has 1 N–H and O–H groups in total. The SMILES string of the molecule is CC(=O)NC[C@H]1CN(c2ccc(C3=CCC4C(CO[Si](c5ccccc5)(c5ccccc5)C(C)(C)C)C34)cc2)C(=O)O1. The second-order valence-electron chi connectivity index (χ2n) is 12.8. The quantitative estimate of drug-likeness (QED) is 0.346. The number of hydrogen-bond donors (Lipinski definition) is 1. The molecule has 6 rings (SSSR count). The van der Waals surface area contributed by atoms with E-state index in [-0.39, 0.29) is 23.1 Å². The van der Waals surface area contributed by atoms with E-state index >= 15 is 0 Å². The fourth-order valence-electron chi connectivity index (χ4n) is 7.08. The van der Waals surface area contributed by atoms with E-state index < -0.39 is 8.32 Å². The molecule has 0 bridgehead atoms. The highest BCUT2D eigenvalue weighted by Crippen LogP contribution is 2.61. The first-order valence-corrected chi connectivity index (χ1v) is 16.9. The maximum Gasteiger partial charge on any atom is 0.414 e. The number of benzene rings is 3. The number of rotatable bonds is 9. The maximum absolute atomic E-state index is 12.5. The molecule has 0 radical (unpaired) electrons. The predicted molar refractivity (Wildman–Crippen MR) is 169 cm³/mol. The van der Waals surface area contributed by atoms with Crippen molar-refractivity contribution >= 4 is 42.0 Å². The van der Waals surface area contributed by atoms with Gasteiger partial charge >= 0.3 is 6.09 Å². The first kappa shape index (κ1) is 28.4. The number of anilines is 1. The van der Waals surface area contributed by atoms with Gasteiger partial charge in [-0.25, -0.2) is 4.79 Å². The number of carbonyl (C=O) groups is 2. The van der Waals surface area contributed by atoms with Crippen molar-refractivity contribution in [3.63, 3.8) is 0 Å². The fraction of sp³-hybridized carbons (Fsp3) is 0.371. The lowest BCUT2D eigenvalue weighted by Crippen LogP contribution is -2.66. The molecule has 4 atom stereocenters. The van der Waals surface area contributed by atoms with E-state index in [1.54, 1.807) is 4.90 Å². The molecule has 0 aromatic heterocycles. The molecule has 6 nitrogen and oxygen atoms in total. The zero-order valence-electron chi connectivity index (χ0n) is 24.9. The van der Waals surface area contributed by atoms with Gasteiger partial charge in [0.1, 0.15) is 6.10 Å². The number of fused-ring (bicyclic) bond motifs is 1. The summed E-state index contributed by atoms with van der Waals surface area (Å²) in [6, 6.07) is 30.0. The summed E-state index contributed by atoms with van der Waals surface area (Å²) in [7, 11) is -2.56. The minimum absolute atomic E-state index is 0.0356. The summed E-state index contributed by atoms with van der Waals surface area (Å²) in [4.78, 5) is 25.3. The van der Waals surface area contributed by atoms with Crippen LogP contribution in [0, 0.1) is 17.8 Å². The summed E-state index contributed by atoms with van der Waals surface area (Å²) in [5, 5.41) is 5.33. The van der Waals surface area contributed by atoms with Crippen LogP contribution in [0.3, 0.4) is 0 Å². The van der Waals surface area contributed by atoms with E-state index in [1.165, 1.54) is 28.4 Å². The zero-order valence-corrected chi connectivity index (χ0v) is 25.9. The van der Waals surface area contributed by atoms with Crippen molar-refractivity contribution < 1.29 is 18.8 Å². The van der Waals surface area contributed by atoms with E-state index in [1.807, 2.05) is 12.1 Å². The van der Waals surface area contributed by atoms with Gasteiger partial charge in [-0.3, -0.25) is 9.69 Å². The molecule has 3 aromatic carbocycles. The van der Waals surface area contributed by atoms with Crippen LogP contribution in [0.1, 0.15) is 39.7 Å². The van der Waals surface area contributed by atoms with Crippen LogP contribution in [0.15, 0.2) is 91.0 Å². The number of hydrogen-bond acceptors (Lipinski definition) is 4. The monoisotopic (exact) mass is 580 g/mol. The number of cyclic esters (lactones) is 1. The third kappa shape index (κ3) is 5.20. The molecule has 2 fully saturated rings. The summed E-state index contributed by atoms with van der Waals surface area (Å²) < 4.78 is 12.7. The minimum atomic E-state index is -2.56. The molecule has 218 valence electrons. The number of ether oxygens (including phenoxy) is 1. The van der Waals surface area contributed by atoms with Crippen LogP contribution in [0.2, 0.25) is 5.04 Å². The van der Waals surface area contributed by atoms with Gasteiger partial charge < -0.3 is 14.5 Å². The van der Waals surface area contributed by atoms with Gasteiger partial charge in [0.05, 0.1) is 13.1 Å². The smallest absolute Gasteiger partial charge is 0.414 e. The Kier molecular flexibility index (Phi) is 7.58. The van der Waals surface area contributed by atoms with Crippen molar-refractivity contribution in [3.05, 3.63) is 96.6 Å². The summed E-state index contributed by atoms with van der Waals surface area (Å²) in [5.41, 5.74) is 3.42. The molecule has 1 saturated heterocycles. The molecule has 42 heavy (non-hydrogen) atoms. The Bertz CT molecular complexity index is 1430. The summed E-state index contributed by atoms with van der Waals surface area (Å²) in [6.07, 6.45) is 2.75. The molecule has 3 aliphatic rings. The molecule has 3 aromatic rings. The molecule has 2 amide bonds. The second-order valence-corrected chi connectivity index (χ2v) is 17.1. The van der Waals surface area contributed by atoms with Crippen LogP contribution in [0.5, 0.6) is 0 Å². The topological polar surface area (TPSA) is 67.9 Å². The number of nitrogens with one attached hydrogen (secondary N) is 1. The van der Waals surface area contributed by atoms with Gasteiger partial charge in [-0.05, 0) is 62.9 Å². The molecule has 1 saturated carbocycles. The van der Waals surface area contributed by atoms with E-state index in [9.17, 15) is 9.59 Å². The minimum Gasteiger partial charge on any atom is -0.442 e. The van der Waals surface area contributed by atoms with Gasteiger partial charge in [-0.2, -0.15) is 0 Å². The van der Waals surface area contributed by atoms with E-state index in [0.29, 0.717) is 30.8 Å². The molecule has 7 heteroatoms. The largest absolute Gasteiger partial charge is 0.442 e. The normalized spacial score (nSPS) is 23.3. The lowest BCUT2D eigenvalue weighted by Gasteiger charge is -2.43. The number of nitrogens with zero attached hydrogens (tertiary/aromatic N) is 1. The van der Waals surface area contributed by atoms with Gasteiger partial charge in [0.25, 0.3) is 8.32 Å². The Balaban J connectivity index is 1.16. The molecule has 0 spiro atoms. The van der Waals surface area contributed by atoms with E-state index in [4.69, 9.17) is 9.16 Å². The van der Waals surface area contributed by atoms with Crippen LogP contribution < -0.4 is 20.6 Å². The molecular formula is C35H40N2O4Si. The van der Waals surface area contributed by atoms with Crippen molar-refractivity contribution in [1.29, 1.82) is 0 Å². The van der Waals surface area contributed by atoms with Crippen LogP contribution >= 0.6 is 0 Å². The number of amides is 2. The molecule has 2 aliphatic carbocycles. The first-order valence-electron chi connectivity index (χ1n) is 15.0. The van der Waals surface area contributed by atoms with Crippen LogP contribution in [-0.4, -0.2) is 46.1 Å². The highest BCUT2D eigenvalue weighted by Gasteiger charge is 2.57. The van der Waals surface area contributed by atoms with Crippen molar-refractivity contribution in [2.24, 2.45) is 17.8 Å². The average molecular weight is 581 g/mol. The molecule has 1 heterocycles. The molecule has 3 unspecified atom stereocenters. The van der Waals surface area contributed by atoms with Gasteiger partial charge in [-0.1, -0.05) is 99.6 Å². The van der Waals surface area contributed by atoms with E-state index in [0.717, 1.165) is 18.7 Å². The van der Waals surface area contributed by atoms with Crippen LogP contribution in [-0.2, 0) is 14.0 Å². The predicted octanol–water partition coefficient (Wildman–Crippen LogP) is 5.37. The number of allylic oxidation sites excluding steroid dienone is 2. The third-order valence-electron chi connectivity index (χ3n) is 9.17. The maximum atomic E-state index is 12.5. The first-order chi connectivity index (χ1) is 20.2. The summed E-state index contributed by atoms with van der Waals surface area (Å²) in [5.74, 6) is 1.51. The Hall–Kier alpha value is -3.68. The van der Waals surface area contributed by atoms with Crippen molar-refractivity contribution in [1.82, 2.24) is 5.32 Å². The van der Waals surface area contributed by atoms with Gasteiger partial charge in [0.2, 0.25) is 5.91 Å².